The van der Waals surface area contributed by atoms with Crippen molar-refractivity contribution in [2.45, 2.75) is 0 Å². The maximum absolute atomic E-state index is 11.3. The predicted octanol–water partition coefficient (Wildman–Crippen LogP) is 1.27. The Kier molecular flexibility index (Phi) is 3.62. The summed E-state index contributed by atoms with van der Waals surface area (Å²) < 4.78 is 4.56. The SMILES string of the molecule is COC(=O)c1cccc(C=CC=O)c1N. The lowest BCUT2D eigenvalue weighted by atomic mass is 10.1. The number of hydrogen-bond donors (Lipinski definition) is 1. The van der Waals surface area contributed by atoms with Crippen LogP contribution in [0.4, 0.5) is 5.69 Å². The Morgan fingerprint density at radius 3 is 2.80 bits per heavy atom. The van der Waals surface area contributed by atoms with Gasteiger partial charge >= 0.3 is 5.97 Å². The highest BCUT2D eigenvalue weighted by molar-refractivity contribution is 5.97. The van der Waals surface area contributed by atoms with Gasteiger partial charge in [-0.2, -0.15) is 0 Å². The summed E-state index contributed by atoms with van der Waals surface area (Å²) in [5, 5.41) is 0. The average Bonchev–Trinajstić information content (AvgIpc) is 2.27. The van der Waals surface area contributed by atoms with Crippen LogP contribution in [0.5, 0.6) is 0 Å². The molecule has 0 aliphatic rings. The van der Waals surface area contributed by atoms with Gasteiger partial charge < -0.3 is 10.5 Å². The molecule has 0 fully saturated rings. The molecule has 0 atom stereocenters. The normalized spacial score (nSPS) is 10.2. The topological polar surface area (TPSA) is 69.4 Å². The number of hydrogen-bond acceptors (Lipinski definition) is 4. The van der Waals surface area contributed by atoms with Crippen molar-refractivity contribution in [3.8, 4) is 0 Å². The van der Waals surface area contributed by atoms with Crippen LogP contribution in [0.3, 0.4) is 0 Å². The van der Waals surface area contributed by atoms with Crippen molar-refractivity contribution in [1.29, 1.82) is 0 Å². The van der Waals surface area contributed by atoms with Gasteiger partial charge in [0, 0.05) is 0 Å². The Morgan fingerprint density at radius 2 is 2.20 bits per heavy atom. The van der Waals surface area contributed by atoms with Gasteiger partial charge in [0.1, 0.15) is 6.29 Å². The maximum atomic E-state index is 11.3. The molecule has 0 aliphatic heterocycles. The standard InChI is InChI=1S/C11H11NO3/c1-15-11(14)9-6-2-4-8(10(9)12)5-3-7-13/h2-7H,12H2,1H3. The Labute approximate surface area is 87.3 Å². The zero-order valence-corrected chi connectivity index (χ0v) is 8.27. The number of rotatable bonds is 3. The third-order valence-electron chi connectivity index (χ3n) is 1.90. The molecule has 78 valence electrons. The number of allylic oxidation sites excluding steroid dienone is 1. The molecule has 0 radical (unpaired) electrons. The van der Waals surface area contributed by atoms with E-state index < -0.39 is 5.97 Å². The highest BCUT2D eigenvalue weighted by atomic mass is 16.5. The third kappa shape index (κ3) is 2.43. The number of para-hydroxylation sites is 1. The first kappa shape index (κ1) is 11.0. The van der Waals surface area contributed by atoms with Gasteiger partial charge in [0.2, 0.25) is 0 Å². The van der Waals surface area contributed by atoms with Crippen molar-refractivity contribution in [3.63, 3.8) is 0 Å². The van der Waals surface area contributed by atoms with Crippen molar-refractivity contribution in [2.24, 2.45) is 0 Å². The maximum Gasteiger partial charge on any atom is 0.339 e. The van der Waals surface area contributed by atoms with Crippen LogP contribution in [0, 0.1) is 0 Å². The van der Waals surface area contributed by atoms with E-state index in [1.54, 1.807) is 18.2 Å². The fraction of sp³-hybridized carbons (Fsp3) is 0.0909. The average molecular weight is 205 g/mol. The second-order valence-corrected chi connectivity index (χ2v) is 2.80. The van der Waals surface area contributed by atoms with Gasteiger partial charge in [-0.15, -0.1) is 0 Å². The van der Waals surface area contributed by atoms with Crippen molar-refractivity contribution >= 4 is 24.0 Å². The number of carbonyl (C=O) groups excluding carboxylic acids is 2. The lowest BCUT2D eigenvalue weighted by Gasteiger charge is -2.05. The number of anilines is 1. The van der Waals surface area contributed by atoms with Gasteiger partial charge in [-0.25, -0.2) is 4.79 Å². The summed E-state index contributed by atoms with van der Waals surface area (Å²) in [5.41, 5.74) is 6.95. The molecule has 0 heterocycles. The molecule has 2 N–H and O–H groups in total. The van der Waals surface area contributed by atoms with E-state index in [-0.39, 0.29) is 0 Å². The monoisotopic (exact) mass is 205 g/mol. The zero-order valence-electron chi connectivity index (χ0n) is 8.27. The van der Waals surface area contributed by atoms with Crippen molar-refractivity contribution in [3.05, 3.63) is 35.4 Å². The Morgan fingerprint density at radius 1 is 1.47 bits per heavy atom. The summed E-state index contributed by atoms with van der Waals surface area (Å²) in [6, 6.07) is 4.95. The smallest absolute Gasteiger partial charge is 0.339 e. The molecule has 0 saturated carbocycles. The van der Waals surface area contributed by atoms with E-state index in [4.69, 9.17) is 5.73 Å². The van der Waals surface area contributed by atoms with Gasteiger partial charge in [0.15, 0.2) is 0 Å². The number of carbonyl (C=O) groups is 2. The highest BCUT2D eigenvalue weighted by Gasteiger charge is 2.10. The summed E-state index contributed by atoms with van der Waals surface area (Å²) in [5.74, 6) is -0.492. The van der Waals surface area contributed by atoms with E-state index in [1.165, 1.54) is 19.3 Å². The van der Waals surface area contributed by atoms with E-state index in [0.29, 0.717) is 23.1 Å². The van der Waals surface area contributed by atoms with Crippen LogP contribution < -0.4 is 5.73 Å². The van der Waals surface area contributed by atoms with Crippen molar-refractivity contribution in [2.75, 3.05) is 12.8 Å². The second-order valence-electron chi connectivity index (χ2n) is 2.80. The quantitative estimate of drug-likeness (QED) is 0.349. The first-order valence-corrected chi connectivity index (χ1v) is 4.29. The van der Waals surface area contributed by atoms with Gasteiger partial charge in [-0.05, 0) is 23.8 Å². The molecule has 1 aromatic carbocycles. The lowest BCUT2D eigenvalue weighted by molar-refractivity contribution is -0.104. The van der Waals surface area contributed by atoms with Crippen LogP contribution >= 0.6 is 0 Å². The summed E-state index contributed by atoms with van der Waals surface area (Å²) in [6.07, 6.45) is 3.49. The molecule has 0 amide bonds. The minimum absolute atomic E-state index is 0.297. The molecule has 4 nitrogen and oxygen atoms in total. The van der Waals surface area contributed by atoms with Gasteiger partial charge in [-0.3, -0.25) is 4.79 Å². The van der Waals surface area contributed by atoms with E-state index in [0.717, 1.165) is 0 Å². The summed E-state index contributed by atoms with van der Waals surface area (Å²) in [4.78, 5) is 21.4. The third-order valence-corrected chi connectivity index (χ3v) is 1.90. The molecule has 1 rings (SSSR count). The Balaban J connectivity index is 3.16. The van der Waals surface area contributed by atoms with Crippen LogP contribution in [0.1, 0.15) is 15.9 Å². The first-order chi connectivity index (χ1) is 7.20. The number of benzene rings is 1. The fourth-order valence-corrected chi connectivity index (χ4v) is 1.16. The van der Waals surface area contributed by atoms with Crippen LogP contribution in [-0.2, 0) is 9.53 Å². The van der Waals surface area contributed by atoms with Gasteiger partial charge in [0.05, 0.1) is 18.4 Å². The molecule has 0 aromatic heterocycles. The van der Waals surface area contributed by atoms with Crippen LogP contribution in [0.2, 0.25) is 0 Å². The molecule has 0 unspecified atom stereocenters. The molecule has 1 aromatic rings. The number of esters is 1. The Bertz CT molecular complexity index is 410. The molecule has 0 spiro atoms. The molecule has 0 bridgehead atoms. The number of aldehydes is 1. The molecular weight excluding hydrogens is 194 g/mol. The van der Waals surface area contributed by atoms with Crippen LogP contribution in [0.15, 0.2) is 24.3 Å². The van der Waals surface area contributed by atoms with Gasteiger partial charge in [0.25, 0.3) is 0 Å². The van der Waals surface area contributed by atoms with Gasteiger partial charge in [-0.1, -0.05) is 12.1 Å². The molecule has 4 heteroatoms. The first-order valence-electron chi connectivity index (χ1n) is 4.29. The van der Waals surface area contributed by atoms with E-state index in [2.05, 4.69) is 4.74 Å². The van der Waals surface area contributed by atoms with Crippen LogP contribution in [-0.4, -0.2) is 19.4 Å². The number of ether oxygens (including phenoxy) is 1. The number of nitrogen functional groups attached to an aromatic ring is 1. The molecular formula is C11H11NO3. The number of nitrogens with two attached hydrogens (primary N) is 1. The summed E-state index contributed by atoms with van der Waals surface area (Å²) in [6.45, 7) is 0. The molecule has 15 heavy (non-hydrogen) atoms. The zero-order chi connectivity index (χ0) is 11.3. The summed E-state index contributed by atoms with van der Waals surface area (Å²) >= 11 is 0. The van der Waals surface area contributed by atoms with Crippen LogP contribution in [0.25, 0.3) is 6.08 Å². The minimum Gasteiger partial charge on any atom is -0.465 e. The predicted molar refractivity (Wildman–Crippen MR) is 57.3 cm³/mol. The highest BCUT2D eigenvalue weighted by Crippen LogP contribution is 2.19. The summed E-state index contributed by atoms with van der Waals surface area (Å²) in [7, 11) is 1.29. The van der Waals surface area contributed by atoms with E-state index in [9.17, 15) is 9.59 Å². The Hall–Kier alpha value is -2.10. The lowest BCUT2D eigenvalue weighted by Crippen LogP contribution is -2.06. The largest absolute Gasteiger partial charge is 0.465 e. The van der Waals surface area contributed by atoms with E-state index in [1.807, 2.05) is 0 Å². The molecule has 0 saturated heterocycles. The minimum atomic E-state index is -0.492. The van der Waals surface area contributed by atoms with E-state index >= 15 is 0 Å². The number of methoxy groups -OCH3 is 1. The second kappa shape index (κ2) is 4.95. The van der Waals surface area contributed by atoms with Crippen molar-refractivity contribution < 1.29 is 14.3 Å². The fourth-order valence-electron chi connectivity index (χ4n) is 1.16. The molecule has 0 aliphatic carbocycles. The van der Waals surface area contributed by atoms with Crippen molar-refractivity contribution in [1.82, 2.24) is 0 Å².